The van der Waals surface area contributed by atoms with Gasteiger partial charge in [-0.1, -0.05) is 18.2 Å². The maximum absolute atomic E-state index is 12.8. The van der Waals surface area contributed by atoms with Crippen molar-refractivity contribution in [3.8, 4) is 17.6 Å². The molecule has 0 aliphatic carbocycles. The number of aromatic hydroxyl groups is 1. The van der Waals surface area contributed by atoms with Crippen molar-refractivity contribution in [1.82, 2.24) is 0 Å². The van der Waals surface area contributed by atoms with Gasteiger partial charge in [-0.25, -0.2) is 4.79 Å². The topological polar surface area (TPSA) is 156 Å². The van der Waals surface area contributed by atoms with Gasteiger partial charge in [-0.15, -0.1) is 0 Å². The van der Waals surface area contributed by atoms with E-state index >= 15 is 0 Å². The van der Waals surface area contributed by atoms with Gasteiger partial charge in [0.05, 0.1) is 30.1 Å². The summed E-state index contributed by atoms with van der Waals surface area (Å²) in [7, 11) is 1.41. The van der Waals surface area contributed by atoms with Gasteiger partial charge >= 0.3 is 6.09 Å². The van der Waals surface area contributed by atoms with E-state index in [0.717, 1.165) is 0 Å². The minimum atomic E-state index is -1.06. The van der Waals surface area contributed by atoms with Crippen molar-refractivity contribution in [2.45, 2.75) is 19.1 Å². The molecule has 5 N–H and O–H groups in total. The van der Waals surface area contributed by atoms with Gasteiger partial charge in [-0.2, -0.15) is 5.26 Å². The fourth-order valence-electron chi connectivity index (χ4n) is 3.50. The maximum atomic E-state index is 12.8. The quantitative estimate of drug-likeness (QED) is 0.222. The highest BCUT2D eigenvalue weighted by Crippen LogP contribution is 2.33. The van der Waals surface area contributed by atoms with Gasteiger partial charge in [0.15, 0.2) is 17.6 Å². The first-order chi connectivity index (χ1) is 18.3. The molecule has 0 aliphatic rings. The summed E-state index contributed by atoms with van der Waals surface area (Å²) in [5.41, 5.74) is 7.99. The first kappa shape index (κ1) is 27.6. The van der Waals surface area contributed by atoms with Crippen LogP contribution in [0.25, 0.3) is 0 Å². The van der Waals surface area contributed by atoms with E-state index in [1.54, 1.807) is 61.5 Å². The van der Waals surface area contributed by atoms with Crippen LogP contribution in [-0.2, 0) is 14.3 Å². The average molecular weight is 517 g/mol. The number of carbonyl (C=O) groups excluding carboxylic acids is 2. The van der Waals surface area contributed by atoms with Gasteiger partial charge in [-0.3, -0.25) is 10.1 Å². The van der Waals surface area contributed by atoms with Crippen LogP contribution in [-0.4, -0.2) is 36.9 Å². The monoisotopic (exact) mass is 516 g/mol. The van der Waals surface area contributed by atoms with Crippen LogP contribution in [0.15, 0.2) is 78.9 Å². The Hall–Kier alpha value is -5.01. The highest BCUT2D eigenvalue weighted by atomic mass is 16.6. The molecular weight excluding hydrogens is 488 g/mol. The van der Waals surface area contributed by atoms with Crippen molar-refractivity contribution in [1.29, 1.82) is 5.26 Å². The molecule has 196 valence electrons. The van der Waals surface area contributed by atoms with E-state index in [9.17, 15) is 14.7 Å². The molecule has 0 aliphatic heterocycles. The lowest BCUT2D eigenvalue weighted by molar-refractivity contribution is -0.112. The number of nitrogens with one attached hydrogen (secondary N) is 2. The molecule has 0 aromatic heterocycles. The summed E-state index contributed by atoms with van der Waals surface area (Å²) in [4.78, 5) is 25.4. The summed E-state index contributed by atoms with van der Waals surface area (Å²) in [6.45, 7) is 1.99. The minimum Gasteiger partial charge on any atom is -0.504 e. The molecule has 2 amide bonds. The molecule has 3 aromatic rings. The summed E-state index contributed by atoms with van der Waals surface area (Å²) < 4.78 is 16.6. The first-order valence-electron chi connectivity index (χ1n) is 11.6. The van der Waals surface area contributed by atoms with Crippen molar-refractivity contribution in [3.05, 3.63) is 90.0 Å². The highest BCUT2D eigenvalue weighted by Gasteiger charge is 2.27. The predicted molar refractivity (Wildman–Crippen MR) is 143 cm³/mol. The number of hydrogen-bond acceptors (Lipinski definition) is 8. The number of rotatable bonds is 10. The number of methoxy groups -OCH3 is 1. The summed E-state index contributed by atoms with van der Waals surface area (Å²) in [6, 6.07) is 19.6. The number of para-hydroxylation sites is 2. The number of nitrogens with two attached hydrogens (primary N) is 1. The van der Waals surface area contributed by atoms with Gasteiger partial charge in [0.25, 0.3) is 0 Å². The molecule has 0 radical (unpaired) electrons. The maximum Gasteiger partial charge on any atom is 0.412 e. The van der Waals surface area contributed by atoms with Crippen LogP contribution in [0.4, 0.5) is 21.9 Å². The van der Waals surface area contributed by atoms with E-state index in [4.69, 9.17) is 25.2 Å². The van der Waals surface area contributed by atoms with Crippen LogP contribution in [0.1, 0.15) is 24.2 Å². The second-order valence-corrected chi connectivity index (χ2v) is 7.93. The number of nitrogens with zero attached hydrogens (tertiary/aromatic N) is 1. The lowest BCUT2D eigenvalue weighted by Gasteiger charge is -2.25. The zero-order valence-corrected chi connectivity index (χ0v) is 20.9. The zero-order chi connectivity index (χ0) is 27.5. The van der Waals surface area contributed by atoms with Crippen molar-refractivity contribution in [3.63, 3.8) is 0 Å². The van der Waals surface area contributed by atoms with E-state index in [1.165, 1.54) is 31.4 Å². The smallest absolute Gasteiger partial charge is 0.412 e. The molecule has 2 atom stereocenters. The second kappa shape index (κ2) is 13.3. The lowest BCUT2D eigenvalue weighted by Crippen LogP contribution is -2.28. The van der Waals surface area contributed by atoms with E-state index in [-0.39, 0.29) is 18.1 Å². The van der Waals surface area contributed by atoms with Gasteiger partial charge in [0.1, 0.15) is 6.10 Å². The number of phenolic OH excluding ortho intramolecular Hbond substituents is 1. The number of carbonyl (C=O) groups is 2. The van der Waals surface area contributed by atoms with Gasteiger partial charge < -0.3 is 30.4 Å². The van der Waals surface area contributed by atoms with Crippen molar-refractivity contribution >= 4 is 29.1 Å². The van der Waals surface area contributed by atoms with Crippen LogP contribution >= 0.6 is 0 Å². The molecule has 0 heterocycles. The van der Waals surface area contributed by atoms with Crippen LogP contribution in [0.3, 0.4) is 0 Å². The molecule has 3 aromatic carbocycles. The number of nitrogen functional groups attached to an aromatic ring is 1. The number of benzene rings is 3. The molecule has 0 saturated carbocycles. The van der Waals surface area contributed by atoms with Crippen molar-refractivity contribution in [2.75, 3.05) is 30.1 Å². The van der Waals surface area contributed by atoms with Crippen LogP contribution in [0, 0.1) is 11.3 Å². The Balaban J connectivity index is 1.86. The summed E-state index contributed by atoms with van der Waals surface area (Å²) in [5.74, 6) is -0.397. The predicted octanol–water partition coefficient (Wildman–Crippen LogP) is 4.74. The third-order valence-corrected chi connectivity index (χ3v) is 5.34. The molecule has 10 nitrogen and oxygen atoms in total. The minimum absolute atomic E-state index is 0.164. The number of hydrogen-bond donors (Lipinski definition) is 4. The Labute approximate surface area is 220 Å². The number of phenols is 1. The Morgan fingerprint density at radius 2 is 1.84 bits per heavy atom. The van der Waals surface area contributed by atoms with Crippen LogP contribution in [0.2, 0.25) is 0 Å². The molecule has 0 saturated heterocycles. The fraction of sp³-hybridized carbons (Fsp3) is 0.179. The fourth-order valence-corrected chi connectivity index (χ4v) is 3.50. The Morgan fingerprint density at radius 3 is 2.47 bits per heavy atom. The Kier molecular flexibility index (Phi) is 9.68. The molecule has 0 unspecified atom stereocenters. The number of amides is 2. The SMILES string of the molecule is CCO[C@@H](/C=C/C(=O)Nc1ccccc1N)[C@@H](OC(=O)Nc1ccc(C#N)cc1)c1ccc(OC)c(O)c1. The molecule has 3 rings (SSSR count). The second-order valence-electron chi connectivity index (χ2n) is 7.93. The van der Waals surface area contributed by atoms with Crippen molar-refractivity contribution in [2.24, 2.45) is 0 Å². The molecule has 0 spiro atoms. The molecule has 0 bridgehead atoms. The first-order valence-corrected chi connectivity index (χ1v) is 11.6. The molecular formula is C28H28N4O6. The van der Waals surface area contributed by atoms with Gasteiger partial charge in [-0.05, 0) is 67.1 Å². The van der Waals surface area contributed by atoms with E-state index < -0.39 is 24.2 Å². The lowest BCUT2D eigenvalue weighted by atomic mass is 10.0. The normalized spacial score (nSPS) is 12.2. The van der Waals surface area contributed by atoms with E-state index in [1.807, 2.05) is 6.07 Å². The summed E-state index contributed by atoms with van der Waals surface area (Å²) in [5, 5.41) is 24.6. The van der Waals surface area contributed by atoms with Gasteiger partial charge in [0.2, 0.25) is 5.91 Å². The van der Waals surface area contributed by atoms with Crippen LogP contribution in [0.5, 0.6) is 11.5 Å². The Morgan fingerprint density at radius 1 is 1.11 bits per heavy atom. The highest BCUT2D eigenvalue weighted by molar-refractivity contribution is 6.01. The van der Waals surface area contributed by atoms with E-state index in [0.29, 0.717) is 28.2 Å². The third-order valence-electron chi connectivity index (χ3n) is 5.34. The number of anilines is 3. The third kappa shape index (κ3) is 7.49. The largest absolute Gasteiger partial charge is 0.504 e. The standard InChI is InChI=1S/C28H28N4O6/c1-3-37-25(14-15-26(34)32-22-7-5-4-6-21(22)30)27(19-10-13-24(36-2)23(33)16-19)38-28(35)31-20-11-8-18(17-29)9-12-20/h4-16,25,27,33H,3,30H2,1-2H3,(H,31,35)(H,32,34)/b15-14+/t25-,27-/m0/s1. The molecule has 38 heavy (non-hydrogen) atoms. The van der Waals surface area contributed by atoms with Crippen molar-refractivity contribution < 1.29 is 28.9 Å². The molecule has 0 fully saturated rings. The zero-order valence-electron chi connectivity index (χ0n) is 20.9. The number of nitriles is 1. The van der Waals surface area contributed by atoms with Crippen LogP contribution < -0.4 is 21.1 Å². The summed E-state index contributed by atoms with van der Waals surface area (Å²) >= 11 is 0. The summed E-state index contributed by atoms with van der Waals surface area (Å²) in [6.07, 6.45) is -0.0619. The van der Waals surface area contributed by atoms with E-state index in [2.05, 4.69) is 10.6 Å². The number of ether oxygens (including phenoxy) is 3. The average Bonchev–Trinajstić information content (AvgIpc) is 2.91. The van der Waals surface area contributed by atoms with Gasteiger partial charge in [0, 0.05) is 18.4 Å². The molecule has 10 heteroatoms. The Bertz CT molecular complexity index is 1330.